The van der Waals surface area contributed by atoms with Gasteiger partial charge >= 0.3 is 0 Å². The molecule has 0 N–H and O–H groups in total. The van der Waals surface area contributed by atoms with E-state index in [1.807, 2.05) is 24.8 Å². The number of pyridine rings is 2. The molecule has 580 valence electrons. The molecule has 1 aliphatic carbocycles. The molecule has 0 atom stereocenters. The average molecular weight is 1570 g/mol. The molecule has 0 amide bonds. The maximum absolute atomic E-state index is 4.26. The summed E-state index contributed by atoms with van der Waals surface area (Å²) in [7, 11) is 0. The third-order valence-corrected chi connectivity index (χ3v) is 27.7. The van der Waals surface area contributed by atoms with Gasteiger partial charge in [0.25, 0.3) is 0 Å². The van der Waals surface area contributed by atoms with Crippen molar-refractivity contribution in [3.63, 3.8) is 0 Å². The third-order valence-electron chi connectivity index (χ3n) is 27.7. The number of hydrogen-bond acceptors (Lipinski definition) is 2. The minimum absolute atomic E-state index is 0.0978. The van der Waals surface area contributed by atoms with Gasteiger partial charge in [-0.25, -0.2) is 0 Å². The molecule has 0 aliphatic heterocycles. The fraction of sp³-hybridized carbons (Fsp3) is 0.0909. The first-order valence-corrected chi connectivity index (χ1v) is 43.3. The first-order valence-electron chi connectivity index (χ1n) is 43.3. The SMILES string of the molecule is CC(C)(C)c1cc2ccc3ccc(-c4ccc(-c5ccc6c(c5)C(C)(C)c5cc(-c7ccc8ccc9cc(C(C)(C)C)cc%10ccc7c8c9%10)ccc5-6)cc4)c4ccc(c1)c2c34.c1cc(-c2ccc(-c3ccc4ccc5c(-c6ccncc6)ccc6ccc3c4c65)cc2)cc(-c2ccc(-c3ccc4ccc5c(-c6ccncc6)ccc6ccc3c4c65)cc2)c1. The van der Waals surface area contributed by atoms with Crippen molar-refractivity contribution in [2.45, 2.75) is 71.6 Å². The van der Waals surface area contributed by atoms with Crippen LogP contribution in [0.2, 0.25) is 0 Å². The lowest BCUT2D eigenvalue weighted by atomic mass is 9.80. The number of aromatic nitrogens is 2. The van der Waals surface area contributed by atoms with Crippen molar-refractivity contribution in [2.24, 2.45) is 0 Å². The summed E-state index contributed by atoms with van der Waals surface area (Å²) in [5.41, 5.74) is 30.5. The maximum Gasteiger partial charge on any atom is 0.0273 e. The summed E-state index contributed by atoms with van der Waals surface area (Å²) in [4.78, 5) is 8.52. The van der Waals surface area contributed by atoms with Crippen molar-refractivity contribution in [2.75, 3.05) is 0 Å². The van der Waals surface area contributed by atoms with E-state index in [1.165, 1.54) is 263 Å². The Morgan fingerprint density at radius 1 is 0.179 bits per heavy atom. The third kappa shape index (κ3) is 11.5. The highest BCUT2D eigenvalue weighted by Crippen LogP contribution is 2.54. The first kappa shape index (κ1) is 72.3. The van der Waals surface area contributed by atoms with Crippen LogP contribution in [0.25, 0.3) is 241 Å². The average Bonchev–Trinajstić information content (AvgIpc) is 1.31. The molecular formula is C121H86N2. The van der Waals surface area contributed by atoms with Crippen molar-refractivity contribution in [3.8, 4) is 111 Å². The molecule has 0 fully saturated rings. The van der Waals surface area contributed by atoms with E-state index >= 15 is 0 Å². The molecule has 22 aromatic carbocycles. The van der Waals surface area contributed by atoms with Gasteiger partial charge in [0, 0.05) is 30.2 Å². The van der Waals surface area contributed by atoms with Gasteiger partial charge in [0.05, 0.1) is 0 Å². The summed E-state index contributed by atoms with van der Waals surface area (Å²) >= 11 is 0. The van der Waals surface area contributed by atoms with Gasteiger partial charge in [0.15, 0.2) is 0 Å². The van der Waals surface area contributed by atoms with E-state index in [0.29, 0.717) is 0 Å². The zero-order chi connectivity index (χ0) is 82.5. The van der Waals surface area contributed by atoms with Crippen LogP contribution in [0.4, 0.5) is 0 Å². The summed E-state index contributed by atoms with van der Waals surface area (Å²) < 4.78 is 0. The second-order valence-corrected chi connectivity index (χ2v) is 37.1. The maximum atomic E-state index is 4.26. The molecule has 24 aromatic rings. The van der Waals surface area contributed by atoms with E-state index in [9.17, 15) is 0 Å². The summed E-state index contributed by atoms with van der Waals surface area (Å²) in [5, 5.41) is 31.5. The van der Waals surface area contributed by atoms with Crippen molar-refractivity contribution in [1.29, 1.82) is 0 Å². The molecule has 2 aromatic heterocycles. The van der Waals surface area contributed by atoms with Gasteiger partial charge in [0.2, 0.25) is 0 Å². The highest BCUT2D eigenvalue weighted by atomic mass is 14.6. The van der Waals surface area contributed by atoms with Crippen LogP contribution in [0.5, 0.6) is 0 Å². The predicted octanol–water partition coefficient (Wildman–Crippen LogP) is 33.7. The molecule has 1 aliphatic rings. The van der Waals surface area contributed by atoms with Crippen LogP contribution in [0, 0.1) is 0 Å². The van der Waals surface area contributed by atoms with Crippen LogP contribution in [0.15, 0.2) is 377 Å². The van der Waals surface area contributed by atoms with Gasteiger partial charge in [-0.2, -0.15) is 0 Å². The quantitative estimate of drug-likeness (QED) is 0.135. The van der Waals surface area contributed by atoms with Crippen LogP contribution < -0.4 is 0 Å². The van der Waals surface area contributed by atoms with Gasteiger partial charge in [0.1, 0.15) is 0 Å². The molecule has 0 unspecified atom stereocenters. The van der Waals surface area contributed by atoms with Crippen LogP contribution in [-0.4, -0.2) is 9.97 Å². The summed E-state index contributed by atoms with van der Waals surface area (Å²) in [6, 6.07) is 133. The van der Waals surface area contributed by atoms with Crippen molar-refractivity contribution >= 4 is 129 Å². The number of fused-ring (bicyclic) bond motifs is 3. The minimum Gasteiger partial charge on any atom is -0.265 e. The zero-order valence-electron chi connectivity index (χ0n) is 70.2. The standard InChI is InChI=1S/C61H50.C60H36N2/c1-59(2,3)45-29-41-15-13-37-17-23-47(51-27-21-43(31-45)55(41)57(37)51)36-11-9-35(10-12-36)39-19-25-49-50-26-20-40(34-54(50)61(7,8)53(49)33-39)48-24-18-38-14-16-42-30-46(60(4,5)6)32-44-22-28-52(48)58(38)56(42)44;1-2-47(37-4-8-39(9-5-37)49-20-12-43-18-26-55-51(41-28-32-61-33-29-41)22-14-45-16-24-53(49)57(43)59(45)55)36-48(3-1)38-6-10-40(11-7-38)50-21-13-44-19-27-56-52(42-30-34-62-35-31-42)23-15-46-17-25-54(50)58(44)60(46)56/h9-34H,1-8H3;1-36H. The minimum atomic E-state index is -0.140. The molecule has 2 heteroatoms. The van der Waals surface area contributed by atoms with E-state index in [4.69, 9.17) is 0 Å². The Balaban J connectivity index is 0.000000139. The van der Waals surface area contributed by atoms with Crippen LogP contribution >= 0.6 is 0 Å². The first-order chi connectivity index (χ1) is 59.9. The second kappa shape index (κ2) is 27.2. The molecule has 123 heavy (non-hydrogen) atoms. The van der Waals surface area contributed by atoms with Gasteiger partial charge < -0.3 is 0 Å². The molecule has 0 bridgehead atoms. The Morgan fingerprint density at radius 2 is 0.398 bits per heavy atom. The topological polar surface area (TPSA) is 25.8 Å². The van der Waals surface area contributed by atoms with Gasteiger partial charge in [-0.3, -0.25) is 9.97 Å². The summed E-state index contributed by atoms with van der Waals surface area (Å²) in [6.07, 6.45) is 7.49. The van der Waals surface area contributed by atoms with Gasteiger partial charge in [-0.1, -0.05) is 365 Å². The van der Waals surface area contributed by atoms with Gasteiger partial charge in [-0.05, 0) is 316 Å². The summed E-state index contributed by atoms with van der Waals surface area (Å²) in [6.45, 7) is 18.6. The van der Waals surface area contributed by atoms with Crippen LogP contribution in [0.1, 0.15) is 77.6 Å². The lowest BCUT2D eigenvalue weighted by Gasteiger charge is -2.23. The fourth-order valence-corrected chi connectivity index (χ4v) is 21.2. The monoisotopic (exact) mass is 1570 g/mol. The Bertz CT molecular complexity index is 8120. The Labute approximate surface area is 716 Å². The number of nitrogens with zero attached hydrogens (tertiary/aromatic N) is 2. The largest absolute Gasteiger partial charge is 0.265 e. The summed E-state index contributed by atoms with van der Waals surface area (Å²) in [5.74, 6) is 0. The predicted molar refractivity (Wildman–Crippen MR) is 527 cm³/mol. The molecule has 0 saturated heterocycles. The van der Waals surface area contributed by atoms with E-state index in [0.717, 1.165) is 0 Å². The van der Waals surface area contributed by atoms with Gasteiger partial charge in [-0.15, -0.1) is 0 Å². The molecule has 25 rings (SSSR count). The smallest absolute Gasteiger partial charge is 0.0273 e. The normalized spacial score (nSPS) is 12.9. The molecular weight excluding hydrogens is 1480 g/mol. The Kier molecular flexibility index (Phi) is 16.0. The zero-order valence-corrected chi connectivity index (χ0v) is 70.2. The van der Waals surface area contributed by atoms with Crippen molar-refractivity contribution < 1.29 is 0 Å². The van der Waals surface area contributed by atoms with E-state index < -0.39 is 0 Å². The van der Waals surface area contributed by atoms with Crippen LogP contribution in [-0.2, 0) is 16.2 Å². The van der Waals surface area contributed by atoms with Crippen LogP contribution in [0.3, 0.4) is 0 Å². The molecule has 0 saturated carbocycles. The lowest BCUT2D eigenvalue weighted by molar-refractivity contribution is 0.591. The number of rotatable bonds is 9. The molecule has 2 heterocycles. The molecule has 0 spiro atoms. The van der Waals surface area contributed by atoms with E-state index in [1.54, 1.807) is 0 Å². The lowest BCUT2D eigenvalue weighted by Crippen LogP contribution is -2.15. The highest BCUT2D eigenvalue weighted by molar-refractivity contribution is 6.31. The fourth-order valence-electron chi connectivity index (χ4n) is 21.2. The van der Waals surface area contributed by atoms with Crippen molar-refractivity contribution in [1.82, 2.24) is 9.97 Å². The second-order valence-electron chi connectivity index (χ2n) is 37.1. The van der Waals surface area contributed by atoms with E-state index in [2.05, 4.69) is 417 Å². The Hall–Kier alpha value is -14.7. The van der Waals surface area contributed by atoms with Crippen molar-refractivity contribution in [3.05, 3.63) is 399 Å². The van der Waals surface area contributed by atoms with E-state index in [-0.39, 0.29) is 16.2 Å². The number of hydrogen-bond donors (Lipinski definition) is 0. The highest BCUT2D eigenvalue weighted by Gasteiger charge is 2.37. The number of benzene rings is 22. The molecule has 2 nitrogen and oxygen atoms in total. The molecule has 0 radical (unpaired) electrons. The Morgan fingerprint density at radius 3 is 0.715 bits per heavy atom.